The van der Waals surface area contributed by atoms with E-state index in [0.29, 0.717) is 22.3 Å². The number of halogens is 3. The second-order valence-corrected chi connectivity index (χ2v) is 8.62. The largest absolute Gasteiger partial charge is 0.420 e. The van der Waals surface area contributed by atoms with Gasteiger partial charge in [-0.3, -0.25) is 9.59 Å². The Labute approximate surface area is 199 Å². The molecular formula is C23H27F3N6O3. The lowest BCUT2D eigenvalue weighted by Crippen LogP contribution is -2.56. The molecule has 0 saturated heterocycles. The number of primary amides is 1. The van der Waals surface area contributed by atoms with Crippen LogP contribution in [0.2, 0.25) is 0 Å². The summed E-state index contributed by atoms with van der Waals surface area (Å²) >= 11 is 0. The molecule has 0 radical (unpaired) electrons. The van der Waals surface area contributed by atoms with Gasteiger partial charge in [0.05, 0.1) is 30.5 Å². The van der Waals surface area contributed by atoms with E-state index in [9.17, 15) is 27.9 Å². The van der Waals surface area contributed by atoms with Gasteiger partial charge >= 0.3 is 6.18 Å². The van der Waals surface area contributed by atoms with Gasteiger partial charge in [0.2, 0.25) is 5.91 Å². The maximum atomic E-state index is 13.6. The quantitative estimate of drug-likeness (QED) is 0.361. The normalized spacial score (nSPS) is 13.6. The van der Waals surface area contributed by atoms with Gasteiger partial charge in [-0.15, -0.1) is 0 Å². The molecule has 0 bridgehead atoms. The number of carbonyl (C=O) groups excluding carboxylic acids is 2. The van der Waals surface area contributed by atoms with E-state index in [1.165, 1.54) is 25.2 Å². The molecule has 1 aromatic heterocycles. The lowest BCUT2D eigenvalue weighted by molar-refractivity contribution is -0.257. The van der Waals surface area contributed by atoms with E-state index in [1.54, 1.807) is 41.9 Å². The van der Waals surface area contributed by atoms with Crippen LogP contribution in [-0.4, -0.2) is 77.1 Å². The van der Waals surface area contributed by atoms with Crippen molar-refractivity contribution in [2.75, 3.05) is 39.0 Å². The number of rotatable bonds is 9. The van der Waals surface area contributed by atoms with Crippen molar-refractivity contribution >= 4 is 28.4 Å². The van der Waals surface area contributed by atoms with Gasteiger partial charge in [-0.05, 0) is 56.9 Å². The van der Waals surface area contributed by atoms with Crippen LogP contribution in [0.25, 0.3) is 16.6 Å². The molecule has 3 rings (SSSR count). The molecule has 3 aromatic rings. The Balaban J connectivity index is 1.94. The van der Waals surface area contributed by atoms with E-state index in [-0.39, 0.29) is 12.1 Å². The second kappa shape index (κ2) is 9.92. The zero-order chi connectivity index (χ0) is 26.0. The number of nitrogens with two attached hydrogens (primary N) is 1. The van der Waals surface area contributed by atoms with Gasteiger partial charge in [0, 0.05) is 23.2 Å². The number of aromatic nitrogens is 2. The monoisotopic (exact) mass is 492 g/mol. The van der Waals surface area contributed by atoms with Crippen molar-refractivity contribution in [3.63, 3.8) is 0 Å². The topological polar surface area (TPSA) is 126 Å². The molecule has 0 aliphatic heterocycles. The number of aryl methyl sites for hydroxylation is 1. The maximum absolute atomic E-state index is 13.6. The number of nitrogens with one attached hydrogen (secondary N) is 2. The number of fused-ring (bicyclic) bond motifs is 1. The van der Waals surface area contributed by atoms with Crippen LogP contribution in [0.4, 0.5) is 18.9 Å². The first-order chi connectivity index (χ1) is 16.3. The molecule has 2 amide bonds. The molecule has 0 saturated carbocycles. The van der Waals surface area contributed by atoms with Gasteiger partial charge in [0.25, 0.3) is 5.91 Å². The fourth-order valence-electron chi connectivity index (χ4n) is 3.68. The van der Waals surface area contributed by atoms with Crippen molar-refractivity contribution in [3.8, 4) is 5.69 Å². The lowest BCUT2D eigenvalue weighted by Gasteiger charge is -2.33. The van der Waals surface area contributed by atoms with Crippen LogP contribution in [0, 0.1) is 6.92 Å². The molecule has 1 atom stereocenters. The first-order valence-electron chi connectivity index (χ1n) is 10.6. The van der Waals surface area contributed by atoms with E-state index in [2.05, 4.69) is 15.7 Å². The zero-order valence-corrected chi connectivity index (χ0v) is 19.5. The van der Waals surface area contributed by atoms with Gasteiger partial charge < -0.3 is 26.4 Å². The van der Waals surface area contributed by atoms with E-state index in [0.717, 1.165) is 5.56 Å². The number of likely N-dealkylation sites (N-methyl/N-ethyl adjacent to an activating group) is 1. The number of hydrogen-bond donors (Lipinski definition) is 4. The van der Waals surface area contributed by atoms with Crippen LogP contribution in [0.15, 0.2) is 42.6 Å². The molecule has 9 nitrogen and oxygen atoms in total. The Morgan fingerprint density at radius 2 is 1.91 bits per heavy atom. The third-order valence-corrected chi connectivity index (χ3v) is 5.29. The Bertz CT molecular complexity index is 1240. The van der Waals surface area contributed by atoms with E-state index in [4.69, 9.17) is 5.73 Å². The highest BCUT2D eigenvalue weighted by Gasteiger charge is 2.53. The molecule has 35 heavy (non-hydrogen) atoms. The molecule has 0 aliphatic carbocycles. The number of aliphatic hydroxyl groups is 1. The van der Waals surface area contributed by atoms with Gasteiger partial charge in [-0.25, -0.2) is 4.68 Å². The van der Waals surface area contributed by atoms with Crippen LogP contribution >= 0.6 is 0 Å². The lowest BCUT2D eigenvalue weighted by atomic mass is 10.0. The van der Waals surface area contributed by atoms with Crippen LogP contribution in [0.1, 0.15) is 15.9 Å². The summed E-state index contributed by atoms with van der Waals surface area (Å²) in [5.74, 6) is -1.17. The highest BCUT2D eigenvalue weighted by molar-refractivity contribution is 5.97. The van der Waals surface area contributed by atoms with Crippen LogP contribution in [-0.2, 0) is 4.79 Å². The minimum atomic E-state index is -4.84. The van der Waals surface area contributed by atoms with Crippen molar-refractivity contribution in [3.05, 3.63) is 53.7 Å². The molecule has 12 heteroatoms. The highest BCUT2D eigenvalue weighted by Crippen LogP contribution is 2.33. The number of hydrogen-bond acceptors (Lipinski definition) is 6. The number of carbonyl (C=O) groups is 2. The van der Waals surface area contributed by atoms with Gasteiger partial charge in [0.1, 0.15) is 0 Å². The summed E-state index contributed by atoms with van der Waals surface area (Å²) in [6.45, 7) is 0.113. The summed E-state index contributed by atoms with van der Waals surface area (Å²) in [7, 11) is 2.90. The standard InChI is InChI=1S/C23H27F3N6O3/c1-14-7-18(29-12-22(35,13-31(2)3)23(24,25)26)17-10-30-32(19(17)8-14)16-6-4-5-15(9-16)21(34)28-11-20(27)33/h4-10,29,35H,11-13H2,1-3H3,(H2,27,33)(H,28,34). The minimum Gasteiger partial charge on any atom is -0.381 e. The zero-order valence-electron chi connectivity index (χ0n) is 19.5. The molecular weight excluding hydrogens is 465 g/mol. The first-order valence-corrected chi connectivity index (χ1v) is 10.6. The summed E-state index contributed by atoms with van der Waals surface area (Å²) in [6, 6.07) is 9.97. The summed E-state index contributed by atoms with van der Waals surface area (Å²) in [5, 5.41) is 20.4. The fraction of sp³-hybridized carbons (Fsp3) is 0.348. The molecule has 5 N–H and O–H groups in total. The van der Waals surface area contributed by atoms with E-state index in [1.807, 2.05) is 6.07 Å². The molecule has 2 aromatic carbocycles. The predicted octanol–water partition coefficient (Wildman–Crippen LogP) is 1.82. The van der Waals surface area contributed by atoms with Crippen LogP contribution in [0.3, 0.4) is 0 Å². The van der Waals surface area contributed by atoms with Crippen LogP contribution < -0.4 is 16.4 Å². The Hall–Kier alpha value is -3.64. The van der Waals surface area contributed by atoms with Crippen molar-refractivity contribution in [2.24, 2.45) is 5.73 Å². The van der Waals surface area contributed by atoms with Gasteiger partial charge in [0.15, 0.2) is 5.60 Å². The maximum Gasteiger partial charge on any atom is 0.420 e. The van der Waals surface area contributed by atoms with Crippen molar-refractivity contribution in [1.29, 1.82) is 0 Å². The van der Waals surface area contributed by atoms with Gasteiger partial charge in [-0.2, -0.15) is 18.3 Å². The average molecular weight is 493 g/mol. The number of nitrogens with zero attached hydrogens (tertiary/aromatic N) is 3. The molecule has 0 aliphatic rings. The smallest absolute Gasteiger partial charge is 0.381 e. The number of benzene rings is 2. The summed E-state index contributed by atoms with van der Waals surface area (Å²) in [5.41, 5.74) is 4.62. The molecule has 1 unspecified atom stereocenters. The van der Waals surface area contributed by atoms with E-state index >= 15 is 0 Å². The van der Waals surface area contributed by atoms with E-state index < -0.39 is 36.7 Å². The minimum absolute atomic E-state index is 0.275. The molecule has 188 valence electrons. The van der Waals surface area contributed by atoms with Crippen molar-refractivity contribution in [2.45, 2.75) is 18.7 Å². The number of alkyl halides is 3. The van der Waals surface area contributed by atoms with Crippen LogP contribution in [0.5, 0.6) is 0 Å². The molecule has 0 spiro atoms. The average Bonchev–Trinajstić information content (AvgIpc) is 3.18. The predicted molar refractivity (Wildman–Crippen MR) is 125 cm³/mol. The Morgan fingerprint density at radius 1 is 1.20 bits per heavy atom. The summed E-state index contributed by atoms with van der Waals surface area (Å²) in [6.07, 6.45) is -3.34. The molecule has 0 fully saturated rings. The third-order valence-electron chi connectivity index (χ3n) is 5.29. The Kier molecular flexibility index (Phi) is 7.36. The summed E-state index contributed by atoms with van der Waals surface area (Å²) < 4.78 is 42.3. The van der Waals surface area contributed by atoms with Gasteiger partial charge in [-0.1, -0.05) is 6.07 Å². The first kappa shape index (κ1) is 26.0. The fourth-order valence-corrected chi connectivity index (χ4v) is 3.68. The number of anilines is 1. The summed E-state index contributed by atoms with van der Waals surface area (Å²) in [4.78, 5) is 24.5. The number of amides is 2. The van der Waals surface area contributed by atoms with Crippen molar-refractivity contribution < 1.29 is 27.9 Å². The highest BCUT2D eigenvalue weighted by atomic mass is 19.4. The molecule has 1 heterocycles. The Morgan fingerprint density at radius 3 is 2.54 bits per heavy atom. The third kappa shape index (κ3) is 5.89. The second-order valence-electron chi connectivity index (χ2n) is 8.62. The SMILES string of the molecule is Cc1cc(NCC(O)(CN(C)C)C(F)(F)F)c2cnn(-c3cccc(C(=O)NCC(N)=O)c3)c2c1. The van der Waals surface area contributed by atoms with Crippen molar-refractivity contribution in [1.82, 2.24) is 20.0 Å².